The Labute approximate surface area is 160 Å². The van der Waals surface area contributed by atoms with Crippen LogP contribution in [0.15, 0.2) is 77.7 Å². The van der Waals surface area contributed by atoms with E-state index in [-0.39, 0.29) is 0 Å². The van der Waals surface area contributed by atoms with Gasteiger partial charge in [0.25, 0.3) is 0 Å². The maximum absolute atomic E-state index is 5.18. The minimum atomic E-state index is 0.743. The first-order valence-electron chi connectivity index (χ1n) is 8.29. The van der Waals surface area contributed by atoms with Gasteiger partial charge in [-0.05, 0) is 42.0 Å². The maximum Gasteiger partial charge on any atom is 0.203 e. The Morgan fingerprint density at radius 2 is 1.93 bits per heavy atom. The van der Waals surface area contributed by atoms with Crippen molar-refractivity contribution in [2.75, 3.05) is 12.5 Å². The van der Waals surface area contributed by atoms with Crippen molar-refractivity contribution in [2.24, 2.45) is 5.10 Å². The molecule has 0 fully saturated rings. The van der Waals surface area contributed by atoms with Crippen LogP contribution in [0.2, 0.25) is 0 Å². The summed E-state index contributed by atoms with van der Waals surface area (Å²) in [6, 6.07) is 15.9. The predicted molar refractivity (Wildman–Crippen MR) is 109 cm³/mol. The topological polar surface area (TPSA) is 64.3 Å². The number of aromatic nitrogens is 3. The lowest BCUT2D eigenvalue weighted by atomic mass is 10.2. The van der Waals surface area contributed by atoms with Crippen LogP contribution in [-0.4, -0.2) is 27.9 Å². The molecule has 0 saturated heterocycles. The summed E-state index contributed by atoms with van der Waals surface area (Å²) >= 11 is 1.51. The molecule has 0 aliphatic rings. The fraction of sp³-hybridized carbons (Fsp3) is 0.0500. The van der Waals surface area contributed by atoms with Gasteiger partial charge >= 0.3 is 0 Å². The molecule has 6 nitrogen and oxygen atoms in total. The SMILES string of the molecule is COc1ccc(-c2csc(N/N=C/c3ccc(-n4ccnc4)cc3)n2)cc1. The number of nitrogens with one attached hydrogen (secondary N) is 1. The smallest absolute Gasteiger partial charge is 0.203 e. The molecule has 0 atom stereocenters. The Kier molecular flexibility index (Phi) is 4.93. The largest absolute Gasteiger partial charge is 0.497 e. The molecule has 0 aliphatic carbocycles. The number of benzene rings is 2. The van der Waals surface area contributed by atoms with Gasteiger partial charge in [-0.25, -0.2) is 9.97 Å². The number of hydrogen-bond acceptors (Lipinski definition) is 6. The molecule has 0 saturated carbocycles. The number of nitrogens with zero attached hydrogens (tertiary/aromatic N) is 4. The predicted octanol–water partition coefficient (Wildman–Crippen LogP) is 4.45. The lowest BCUT2D eigenvalue weighted by Gasteiger charge is -2.01. The standard InChI is InChI=1S/C20H17N5OS/c1-26-18-8-4-16(5-9-18)19-13-27-20(23-19)24-22-12-15-2-6-17(7-3-15)25-11-10-21-14-25/h2-14H,1H3,(H,23,24)/b22-12+. The van der Waals surface area contributed by atoms with E-state index in [4.69, 9.17) is 4.74 Å². The summed E-state index contributed by atoms with van der Waals surface area (Å²) in [6.07, 6.45) is 7.21. The molecule has 2 aromatic carbocycles. The van der Waals surface area contributed by atoms with Crippen LogP contribution in [-0.2, 0) is 0 Å². The molecular weight excluding hydrogens is 358 g/mol. The van der Waals surface area contributed by atoms with E-state index >= 15 is 0 Å². The lowest BCUT2D eigenvalue weighted by molar-refractivity contribution is 0.415. The van der Waals surface area contributed by atoms with E-state index in [0.29, 0.717) is 0 Å². The van der Waals surface area contributed by atoms with Crippen LogP contribution in [0, 0.1) is 0 Å². The second kappa shape index (κ2) is 7.84. The number of methoxy groups -OCH3 is 1. The van der Waals surface area contributed by atoms with E-state index < -0.39 is 0 Å². The summed E-state index contributed by atoms with van der Waals surface area (Å²) < 4.78 is 7.13. The van der Waals surface area contributed by atoms with Gasteiger partial charge in [0.1, 0.15) is 5.75 Å². The molecule has 0 radical (unpaired) electrons. The van der Waals surface area contributed by atoms with Crippen LogP contribution in [0.25, 0.3) is 16.9 Å². The third kappa shape index (κ3) is 4.04. The first-order chi connectivity index (χ1) is 13.3. The van der Waals surface area contributed by atoms with E-state index in [1.165, 1.54) is 11.3 Å². The molecule has 134 valence electrons. The van der Waals surface area contributed by atoms with Crippen molar-refractivity contribution in [3.8, 4) is 22.7 Å². The Bertz CT molecular complexity index is 1020. The van der Waals surface area contributed by atoms with Crippen molar-refractivity contribution in [1.29, 1.82) is 0 Å². The first-order valence-corrected chi connectivity index (χ1v) is 9.17. The molecule has 2 heterocycles. The van der Waals surface area contributed by atoms with Gasteiger partial charge in [0, 0.05) is 29.0 Å². The average Bonchev–Trinajstić information content (AvgIpc) is 3.41. The van der Waals surface area contributed by atoms with Gasteiger partial charge in [-0.1, -0.05) is 12.1 Å². The average molecular weight is 375 g/mol. The summed E-state index contributed by atoms with van der Waals surface area (Å²) in [5.74, 6) is 0.830. The number of thiazole rings is 1. The molecule has 2 aromatic heterocycles. The molecule has 0 unspecified atom stereocenters. The van der Waals surface area contributed by atoms with Crippen LogP contribution in [0.3, 0.4) is 0 Å². The van der Waals surface area contributed by atoms with Crippen molar-refractivity contribution >= 4 is 22.7 Å². The van der Waals surface area contributed by atoms with Crippen LogP contribution in [0.5, 0.6) is 5.75 Å². The lowest BCUT2D eigenvalue weighted by Crippen LogP contribution is -1.92. The van der Waals surface area contributed by atoms with Gasteiger partial charge in [-0.15, -0.1) is 11.3 Å². The van der Waals surface area contributed by atoms with Gasteiger partial charge < -0.3 is 9.30 Å². The molecule has 0 aliphatic heterocycles. The molecule has 0 amide bonds. The van der Waals surface area contributed by atoms with Crippen molar-refractivity contribution in [2.45, 2.75) is 0 Å². The highest BCUT2D eigenvalue weighted by Gasteiger charge is 2.04. The van der Waals surface area contributed by atoms with Crippen LogP contribution in [0.1, 0.15) is 5.56 Å². The zero-order chi connectivity index (χ0) is 18.5. The van der Waals surface area contributed by atoms with Crippen molar-refractivity contribution in [1.82, 2.24) is 14.5 Å². The number of anilines is 1. The third-order valence-corrected chi connectivity index (χ3v) is 4.71. The van der Waals surface area contributed by atoms with Gasteiger partial charge in [-0.3, -0.25) is 5.43 Å². The maximum atomic E-state index is 5.18. The molecule has 0 bridgehead atoms. The normalized spacial score (nSPS) is 11.0. The highest BCUT2D eigenvalue weighted by Crippen LogP contribution is 2.26. The Balaban J connectivity index is 1.39. The fourth-order valence-electron chi connectivity index (χ4n) is 2.53. The highest BCUT2D eigenvalue weighted by atomic mass is 32.1. The second-order valence-electron chi connectivity index (χ2n) is 5.70. The molecular formula is C20H17N5OS. The Hall–Kier alpha value is -3.45. The molecule has 0 spiro atoms. The zero-order valence-corrected chi connectivity index (χ0v) is 15.4. The summed E-state index contributed by atoms with van der Waals surface area (Å²) in [5.41, 5.74) is 6.99. The van der Waals surface area contributed by atoms with E-state index in [0.717, 1.165) is 33.4 Å². The van der Waals surface area contributed by atoms with Gasteiger partial charge in [0.05, 0.1) is 25.3 Å². The van der Waals surface area contributed by atoms with Crippen molar-refractivity contribution in [3.63, 3.8) is 0 Å². The molecule has 1 N–H and O–H groups in total. The summed E-state index contributed by atoms with van der Waals surface area (Å²) in [5, 5.41) is 7.01. The summed E-state index contributed by atoms with van der Waals surface area (Å²) in [6.45, 7) is 0. The quantitative estimate of drug-likeness (QED) is 0.399. The van der Waals surface area contributed by atoms with Crippen molar-refractivity contribution in [3.05, 3.63) is 78.2 Å². The Morgan fingerprint density at radius 3 is 2.63 bits per heavy atom. The first kappa shape index (κ1) is 17.0. The minimum absolute atomic E-state index is 0.743. The summed E-state index contributed by atoms with van der Waals surface area (Å²) in [7, 11) is 1.66. The molecule has 27 heavy (non-hydrogen) atoms. The van der Waals surface area contributed by atoms with Crippen molar-refractivity contribution < 1.29 is 4.74 Å². The molecule has 4 aromatic rings. The number of rotatable bonds is 6. The monoisotopic (exact) mass is 375 g/mol. The van der Waals surface area contributed by atoms with Gasteiger partial charge in [-0.2, -0.15) is 5.10 Å². The highest BCUT2D eigenvalue weighted by molar-refractivity contribution is 7.14. The number of ether oxygens (including phenoxy) is 1. The van der Waals surface area contributed by atoms with Crippen LogP contribution in [0.4, 0.5) is 5.13 Å². The number of imidazole rings is 1. The summed E-state index contributed by atoms with van der Waals surface area (Å²) in [4.78, 5) is 8.61. The number of hydrogen-bond donors (Lipinski definition) is 1. The molecule has 7 heteroatoms. The van der Waals surface area contributed by atoms with E-state index in [9.17, 15) is 0 Å². The van der Waals surface area contributed by atoms with E-state index in [1.54, 1.807) is 25.8 Å². The van der Waals surface area contributed by atoms with Gasteiger partial charge in [0.2, 0.25) is 5.13 Å². The van der Waals surface area contributed by atoms with Gasteiger partial charge in [0.15, 0.2) is 0 Å². The second-order valence-corrected chi connectivity index (χ2v) is 6.56. The van der Waals surface area contributed by atoms with Crippen LogP contribution < -0.4 is 10.2 Å². The zero-order valence-electron chi connectivity index (χ0n) is 14.6. The third-order valence-electron chi connectivity index (χ3n) is 3.96. The number of hydrazone groups is 1. The van der Waals surface area contributed by atoms with Crippen LogP contribution >= 0.6 is 11.3 Å². The Morgan fingerprint density at radius 1 is 1.11 bits per heavy atom. The van der Waals surface area contributed by atoms with E-state index in [2.05, 4.69) is 20.5 Å². The fourth-order valence-corrected chi connectivity index (χ4v) is 3.19. The minimum Gasteiger partial charge on any atom is -0.497 e. The van der Waals surface area contributed by atoms with E-state index in [1.807, 2.05) is 64.7 Å². The molecule has 4 rings (SSSR count).